The summed E-state index contributed by atoms with van der Waals surface area (Å²) < 4.78 is 9.98. The largest absolute Gasteiger partial charge is 0.468 e. The first-order valence-corrected chi connectivity index (χ1v) is 6.26. The normalized spacial score (nSPS) is 10.3. The molecule has 0 heterocycles. The molecule has 0 amide bonds. The molecule has 0 saturated heterocycles. The van der Waals surface area contributed by atoms with Crippen LogP contribution in [-0.2, 0) is 25.5 Å². The molecule has 1 aromatic rings. The molecule has 18 heavy (non-hydrogen) atoms. The van der Waals surface area contributed by atoms with Gasteiger partial charge in [-0.05, 0) is 24.1 Å². The summed E-state index contributed by atoms with van der Waals surface area (Å²) in [5.41, 5.74) is 0.681. The molecule has 1 aromatic carbocycles. The zero-order chi connectivity index (χ0) is 13.7. The second-order valence-corrected chi connectivity index (χ2v) is 4.86. The molecule has 0 fully saturated rings. The fourth-order valence-corrected chi connectivity index (χ4v) is 2.21. The van der Waals surface area contributed by atoms with E-state index in [0.29, 0.717) is 10.6 Å². The first-order valence-electron chi connectivity index (χ1n) is 5.09. The van der Waals surface area contributed by atoms with Gasteiger partial charge in [-0.3, -0.25) is 9.59 Å². The minimum atomic E-state index is -1.00. The smallest absolute Gasteiger partial charge is 0.320 e. The SMILES string of the molecule is COC(=O)C(Cc1ccc(Br)cc1Cl)C(=O)OC. The standard InChI is InChI=1S/C12H12BrClO4/c1-17-11(15)9(12(16)18-2)5-7-3-4-8(13)6-10(7)14/h3-4,6,9H,5H2,1-2H3. The lowest BCUT2D eigenvalue weighted by molar-refractivity contribution is -0.158. The van der Waals surface area contributed by atoms with E-state index in [4.69, 9.17) is 11.6 Å². The van der Waals surface area contributed by atoms with Crippen molar-refractivity contribution >= 4 is 39.5 Å². The van der Waals surface area contributed by atoms with E-state index in [1.165, 1.54) is 14.2 Å². The van der Waals surface area contributed by atoms with Crippen LogP contribution in [0.2, 0.25) is 5.02 Å². The van der Waals surface area contributed by atoms with E-state index in [1.54, 1.807) is 18.2 Å². The highest BCUT2D eigenvalue weighted by atomic mass is 79.9. The summed E-state index contributed by atoms with van der Waals surface area (Å²) in [4.78, 5) is 23.0. The number of hydrogen-bond donors (Lipinski definition) is 0. The summed E-state index contributed by atoms with van der Waals surface area (Å²) in [5.74, 6) is -2.28. The van der Waals surface area contributed by atoms with Crippen LogP contribution in [0.15, 0.2) is 22.7 Å². The maximum Gasteiger partial charge on any atom is 0.320 e. The van der Waals surface area contributed by atoms with Crippen LogP contribution in [0.3, 0.4) is 0 Å². The summed E-state index contributed by atoms with van der Waals surface area (Å²) in [5, 5.41) is 0.474. The molecule has 0 aromatic heterocycles. The van der Waals surface area contributed by atoms with E-state index >= 15 is 0 Å². The fraction of sp³-hybridized carbons (Fsp3) is 0.333. The first kappa shape index (κ1) is 15.0. The Morgan fingerprint density at radius 1 is 1.28 bits per heavy atom. The minimum Gasteiger partial charge on any atom is -0.468 e. The van der Waals surface area contributed by atoms with Crippen LogP contribution in [0, 0.1) is 5.92 Å². The molecule has 0 bridgehead atoms. The molecule has 0 aliphatic heterocycles. The highest BCUT2D eigenvalue weighted by Gasteiger charge is 2.29. The topological polar surface area (TPSA) is 52.6 Å². The monoisotopic (exact) mass is 334 g/mol. The molecule has 0 N–H and O–H groups in total. The quantitative estimate of drug-likeness (QED) is 0.627. The molecule has 0 atom stereocenters. The van der Waals surface area contributed by atoms with Gasteiger partial charge in [0.15, 0.2) is 5.92 Å². The van der Waals surface area contributed by atoms with Crippen molar-refractivity contribution in [3.63, 3.8) is 0 Å². The zero-order valence-electron chi connectivity index (χ0n) is 9.91. The van der Waals surface area contributed by atoms with Crippen molar-refractivity contribution in [2.24, 2.45) is 5.92 Å². The molecule has 4 nitrogen and oxygen atoms in total. The minimum absolute atomic E-state index is 0.144. The van der Waals surface area contributed by atoms with Crippen LogP contribution >= 0.6 is 27.5 Å². The summed E-state index contributed by atoms with van der Waals surface area (Å²) in [7, 11) is 2.45. The highest BCUT2D eigenvalue weighted by Crippen LogP contribution is 2.24. The van der Waals surface area contributed by atoms with Crippen molar-refractivity contribution in [2.45, 2.75) is 6.42 Å². The van der Waals surface area contributed by atoms with Crippen molar-refractivity contribution in [2.75, 3.05) is 14.2 Å². The third-order valence-electron chi connectivity index (χ3n) is 2.41. The Morgan fingerprint density at radius 3 is 2.28 bits per heavy atom. The molecular formula is C12H12BrClO4. The predicted octanol–water partition coefficient (Wildman–Crippen LogP) is 2.61. The second kappa shape index (κ2) is 6.75. The fourth-order valence-electron chi connectivity index (χ4n) is 1.45. The van der Waals surface area contributed by atoms with Gasteiger partial charge in [0.1, 0.15) is 0 Å². The first-order chi connectivity index (χ1) is 8.49. The van der Waals surface area contributed by atoms with Gasteiger partial charge in [0.05, 0.1) is 14.2 Å². The van der Waals surface area contributed by atoms with Crippen LogP contribution in [0.4, 0.5) is 0 Å². The van der Waals surface area contributed by atoms with Gasteiger partial charge in [-0.2, -0.15) is 0 Å². The van der Waals surface area contributed by atoms with Gasteiger partial charge in [0.2, 0.25) is 0 Å². The highest BCUT2D eigenvalue weighted by molar-refractivity contribution is 9.10. The molecule has 6 heteroatoms. The lowest BCUT2D eigenvalue weighted by Gasteiger charge is -2.13. The Hall–Kier alpha value is -1.07. The third kappa shape index (κ3) is 3.71. The van der Waals surface area contributed by atoms with Crippen LogP contribution in [0.5, 0.6) is 0 Å². The van der Waals surface area contributed by atoms with Crippen molar-refractivity contribution in [3.8, 4) is 0 Å². The summed E-state index contributed by atoms with van der Waals surface area (Å²) in [6.45, 7) is 0. The van der Waals surface area contributed by atoms with Crippen LogP contribution in [-0.4, -0.2) is 26.2 Å². The van der Waals surface area contributed by atoms with Crippen LogP contribution in [0.25, 0.3) is 0 Å². The molecule has 98 valence electrons. The van der Waals surface area contributed by atoms with Crippen LogP contribution in [0.1, 0.15) is 5.56 Å². The van der Waals surface area contributed by atoms with Gasteiger partial charge < -0.3 is 9.47 Å². The van der Waals surface area contributed by atoms with Gasteiger partial charge in [-0.15, -0.1) is 0 Å². The molecular weight excluding hydrogens is 323 g/mol. The molecule has 0 unspecified atom stereocenters. The van der Waals surface area contributed by atoms with E-state index in [9.17, 15) is 9.59 Å². The van der Waals surface area contributed by atoms with E-state index in [2.05, 4.69) is 25.4 Å². The van der Waals surface area contributed by atoms with Gasteiger partial charge >= 0.3 is 11.9 Å². The molecule has 1 rings (SSSR count). The van der Waals surface area contributed by atoms with Crippen molar-refractivity contribution in [3.05, 3.63) is 33.3 Å². The Bertz CT molecular complexity index is 445. The Kier molecular flexibility index (Phi) is 5.62. The van der Waals surface area contributed by atoms with E-state index in [0.717, 1.165) is 4.47 Å². The average Bonchev–Trinajstić information content (AvgIpc) is 2.36. The Morgan fingerprint density at radius 2 is 1.83 bits per heavy atom. The van der Waals surface area contributed by atoms with Gasteiger partial charge in [-0.1, -0.05) is 33.6 Å². The molecule has 0 saturated carbocycles. The third-order valence-corrected chi connectivity index (χ3v) is 3.26. The van der Waals surface area contributed by atoms with E-state index in [-0.39, 0.29) is 6.42 Å². The molecule has 0 radical (unpaired) electrons. The average molecular weight is 336 g/mol. The summed E-state index contributed by atoms with van der Waals surface area (Å²) in [6.07, 6.45) is 0.144. The maximum atomic E-state index is 11.5. The van der Waals surface area contributed by atoms with Crippen LogP contribution < -0.4 is 0 Å². The predicted molar refractivity (Wildman–Crippen MR) is 70.4 cm³/mol. The van der Waals surface area contributed by atoms with Gasteiger partial charge in [0.25, 0.3) is 0 Å². The number of esters is 2. The van der Waals surface area contributed by atoms with Crippen molar-refractivity contribution in [1.82, 2.24) is 0 Å². The number of hydrogen-bond acceptors (Lipinski definition) is 4. The molecule has 0 spiro atoms. The molecule has 0 aliphatic rings. The lowest BCUT2D eigenvalue weighted by Crippen LogP contribution is -2.28. The Labute approximate surface area is 118 Å². The Balaban J connectivity index is 2.96. The second-order valence-electron chi connectivity index (χ2n) is 3.54. The number of methoxy groups -OCH3 is 2. The molecule has 0 aliphatic carbocycles. The number of ether oxygens (including phenoxy) is 2. The zero-order valence-corrected chi connectivity index (χ0v) is 12.2. The number of rotatable bonds is 4. The van der Waals surface area contributed by atoms with Gasteiger partial charge in [-0.25, -0.2) is 0 Å². The summed E-state index contributed by atoms with van der Waals surface area (Å²) in [6, 6.07) is 5.22. The van der Waals surface area contributed by atoms with Gasteiger partial charge in [0, 0.05) is 9.50 Å². The maximum absolute atomic E-state index is 11.5. The van der Waals surface area contributed by atoms with E-state index in [1.807, 2.05) is 0 Å². The number of carbonyl (C=O) groups is 2. The lowest BCUT2D eigenvalue weighted by atomic mass is 9.99. The number of benzene rings is 1. The van der Waals surface area contributed by atoms with Crippen molar-refractivity contribution in [1.29, 1.82) is 0 Å². The van der Waals surface area contributed by atoms with Crippen molar-refractivity contribution < 1.29 is 19.1 Å². The van der Waals surface area contributed by atoms with E-state index < -0.39 is 17.9 Å². The number of halogens is 2. The summed E-state index contributed by atoms with van der Waals surface area (Å²) >= 11 is 9.32. The number of carbonyl (C=O) groups excluding carboxylic acids is 2.